The molecule has 0 radical (unpaired) electrons. The summed E-state index contributed by atoms with van der Waals surface area (Å²) in [5, 5.41) is 2.97. The van der Waals surface area contributed by atoms with E-state index in [4.69, 9.17) is 0 Å². The molecule has 1 aliphatic heterocycles. The molecule has 1 N–H and O–H groups in total. The van der Waals surface area contributed by atoms with Crippen LogP contribution in [0.15, 0.2) is 24.3 Å². The lowest BCUT2D eigenvalue weighted by molar-refractivity contribution is -0.124. The van der Waals surface area contributed by atoms with Crippen molar-refractivity contribution in [2.45, 2.75) is 31.6 Å². The number of nitrogens with one attached hydrogen (secondary N) is 1. The number of aryl methyl sites for hydroxylation is 1. The summed E-state index contributed by atoms with van der Waals surface area (Å²) in [7, 11) is -2.99. The fraction of sp³-hybridized carbons (Fsp3) is 0.562. The molecular formula is C16H21NO3S. The summed E-state index contributed by atoms with van der Waals surface area (Å²) in [6.07, 6.45) is 3.81. The summed E-state index contributed by atoms with van der Waals surface area (Å²) < 4.78 is 22.9. The van der Waals surface area contributed by atoms with Crippen LogP contribution in [0.3, 0.4) is 0 Å². The van der Waals surface area contributed by atoms with E-state index in [0.29, 0.717) is 18.9 Å². The first-order chi connectivity index (χ1) is 10.1. The Kier molecular flexibility index (Phi) is 4.02. The van der Waals surface area contributed by atoms with E-state index in [1.807, 2.05) is 6.07 Å². The van der Waals surface area contributed by atoms with Gasteiger partial charge in [0, 0.05) is 12.5 Å². The molecular weight excluding hydrogens is 286 g/mol. The Bertz CT molecular complexity index is 639. The molecule has 1 heterocycles. The third-order valence-electron chi connectivity index (χ3n) is 4.62. The van der Waals surface area contributed by atoms with Gasteiger partial charge in [-0.05, 0) is 36.8 Å². The van der Waals surface area contributed by atoms with Gasteiger partial charge >= 0.3 is 0 Å². The van der Waals surface area contributed by atoms with Gasteiger partial charge in [-0.3, -0.25) is 4.79 Å². The van der Waals surface area contributed by atoms with Crippen LogP contribution in [0.25, 0.3) is 0 Å². The van der Waals surface area contributed by atoms with Gasteiger partial charge in [0.1, 0.15) is 0 Å². The molecule has 114 valence electrons. The van der Waals surface area contributed by atoms with Crippen LogP contribution in [0, 0.1) is 5.92 Å². The maximum Gasteiger partial charge on any atom is 0.224 e. The monoisotopic (exact) mass is 307 g/mol. The Morgan fingerprint density at radius 3 is 2.81 bits per heavy atom. The average Bonchev–Trinajstić information content (AvgIpc) is 2.85. The molecule has 0 bridgehead atoms. The van der Waals surface area contributed by atoms with Crippen molar-refractivity contribution >= 4 is 15.7 Å². The minimum Gasteiger partial charge on any atom is -0.355 e. The fourth-order valence-electron chi connectivity index (χ4n) is 3.44. The van der Waals surface area contributed by atoms with Crippen molar-refractivity contribution in [2.24, 2.45) is 5.92 Å². The van der Waals surface area contributed by atoms with Crippen molar-refractivity contribution in [3.8, 4) is 0 Å². The summed E-state index contributed by atoms with van der Waals surface area (Å²) in [6, 6.07) is 8.41. The second-order valence-corrected chi connectivity index (χ2v) is 8.36. The lowest BCUT2D eigenvalue weighted by Gasteiger charge is -2.26. The minimum atomic E-state index is -2.99. The summed E-state index contributed by atoms with van der Waals surface area (Å²) in [5.41, 5.74) is 2.72. The zero-order chi connectivity index (χ0) is 14.9. The van der Waals surface area contributed by atoms with Gasteiger partial charge in [0.2, 0.25) is 5.91 Å². The lowest BCUT2D eigenvalue weighted by atomic mass is 9.83. The molecule has 0 unspecified atom stereocenters. The normalized spacial score (nSPS) is 27.0. The summed E-state index contributed by atoms with van der Waals surface area (Å²) in [5.74, 6) is 0.0714. The molecule has 2 aliphatic rings. The van der Waals surface area contributed by atoms with E-state index in [1.54, 1.807) is 0 Å². The summed E-state index contributed by atoms with van der Waals surface area (Å²) in [4.78, 5) is 12.1. The Balaban J connectivity index is 1.60. The third-order valence-corrected chi connectivity index (χ3v) is 6.39. The molecule has 21 heavy (non-hydrogen) atoms. The highest BCUT2D eigenvalue weighted by atomic mass is 32.2. The van der Waals surface area contributed by atoms with E-state index in [-0.39, 0.29) is 23.3 Å². The van der Waals surface area contributed by atoms with Gasteiger partial charge in [-0.25, -0.2) is 8.42 Å². The number of benzene rings is 1. The predicted octanol–water partition coefficient (Wildman–Crippen LogP) is 1.66. The molecule has 4 nitrogen and oxygen atoms in total. The standard InChI is InChI=1S/C16H21NO3S/c18-16(14-8-9-21(19,20)11-14)17-10-13-6-3-5-12-4-1-2-7-15(12)13/h1-2,4,7,13-14H,3,5-6,8-11H2,(H,17,18)/t13-,14+/m0/s1. The van der Waals surface area contributed by atoms with Gasteiger partial charge in [-0.15, -0.1) is 0 Å². The summed E-state index contributed by atoms with van der Waals surface area (Å²) >= 11 is 0. The number of hydrogen-bond donors (Lipinski definition) is 1. The fourth-order valence-corrected chi connectivity index (χ4v) is 5.18. The molecule has 2 atom stereocenters. The third kappa shape index (κ3) is 3.28. The van der Waals surface area contributed by atoms with Crippen LogP contribution in [-0.4, -0.2) is 32.4 Å². The molecule has 3 rings (SSSR count). The zero-order valence-corrected chi connectivity index (χ0v) is 12.9. The van der Waals surface area contributed by atoms with Gasteiger partial charge in [0.25, 0.3) is 0 Å². The van der Waals surface area contributed by atoms with Crippen molar-refractivity contribution in [1.29, 1.82) is 0 Å². The van der Waals surface area contributed by atoms with Crippen molar-refractivity contribution in [3.05, 3.63) is 35.4 Å². The van der Waals surface area contributed by atoms with Crippen molar-refractivity contribution in [1.82, 2.24) is 5.32 Å². The smallest absolute Gasteiger partial charge is 0.224 e. The number of rotatable bonds is 3. The lowest BCUT2D eigenvalue weighted by Crippen LogP contribution is -2.35. The summed E-state index contributed by atoms with van der Waals surface area (Å²) in [6.45, 7) is 0.617. The van der Waals surface area contributed by atoms with Crippen LogP contribution in [-0.2, 0) is 21.1 Å². The highest BCUT2D eigenvalue weighted by Gasteiger charge is 2.33. The van der Waals surface area contributed by atoms with E-state index in [2.05, 4.69) is 23.5 Å². The largest absolute Gasteiger partial charge is 0.355 e. The van der Waals surface area contributed by atoms with Crippen LogP contribution < -0.4 is 5.32 Å². The Hall–Kier alpha value is -1.36. The molecule has 1 aromatic carbocycles. The van der Waals surface area contributed by atoms with Gasteiger partial charge in [-0.1, -0.05) is 24.3 Å². The Morgan fingerprint density at radius 2 is 2.05 bits per heavy atom. The predicted molar refractivity (Wildman–Crippen MR) is 81.9 cm³/mol. The average molecular weight is 307 g/mol. The van der Waals surface area contributed by atoms with Gasteiger partial charge in [0.05, 0.1) is 17.4 Å². The van der Waals surface area contributed by atoms with Crippen LogP contribution in [0.5, 0.6) is 0 Å². The Labute approximate surface area is 125 Å². The minimum absolute atomic E-state index is 0.0140. The number of sulfone groups is 1. The maximum atomic E-state index is 12.1. The number of fused-ring (bicyclic) bond motifs is 1. The van der Waals surface area contributed by atoms with Crippen molar-refractivity contribution in [2.75, 3.05) is 18.1 Å². The second-order valence-electron chi connectivity index (χ2n) is 6.13. The second kappa shape index (κ2) is 5.79. The van der Waals surface area contributed by atoms with Crippen molar-refractivity contribution < 1.29 is 13.2 Å². The van der Waals surface area contributed by atoms with Gasteiger partial charge in [0.15, 0.2) is 9.84 Å². The molecule has 0 spiro atoms. The van der Waals surface area contributed by atoms with Crippen LogP contribution >= 0.6 is 0 Å². The SMILES string of the molecule is O=C(NC[C@@H]1CCCc2ccccc21)[C@@H]1CCS(=O)(=O)C1. The maximum absolute atomic E-state index is 12.1. The van der Waals surface area contributed by atoms with E-state index < -0.39 is 9.84 Å². The first-order valence-electron chi connectivity index (χ1n) is 7.61. The van der Waals surface area contributed by atoms with E-state index in [9.17, 15) is 13.2 Å². The molecule has 5 heteroatoms. The highest BCUT2D eigenvalue weighted by molar-refractivity contribution is 7.91. The van der Waals surface area contributed by atoms with Crippen molar-refractivity contribution in [3.63, 3.8) is 0 Å². The molecule has 1 amide bonds. The molecule has 0 saturated carbocycles. The van der Waals surface area contributed by atoms with Crippen LogP contribution in [0.2, 0.25) is 0 Å². The van der Waals surface area contributed by atoms with Gasteiger partial charge in [-0.2, -0.15) is 0 Å². The quantitative estimate of drug-likeness (QED) is 0.923. The van der Waals surface area contributed by atoms with Crippen LogP contribution in [0.4, 0.5) is 0 Å². The number of hydrogen-bond acceptors (Lipinski definition) is 3. The molecule has 1 aromatic rings. The molecule has 1 aliphatic carbocycles. The highest BCUT2D eigenvalue weighted by Crippen LogP contribution is 2.31. The van der Waals surface area contributed by atoms with Gasteiger partial charge < -0.3 is 5.32 Å². The van der Waals surface area contributed by atoms with Crippen LogP contribution in [0.1, 0.15) is 36.3 Å². The number of carbonyl (C=O) groups is 1. The zero-order valence-electron chi connectivity index (χ0n) is 12.0. The number of amides is 1. The first kappa shape index (κ1) is 14.6. The van der Waals surface area contributed by atoms with E-state index >= 15 is 0 Å². The Morgan fingerprint density at radius 1 is 1.24 bits per heavy atom. The van der Waals surface area contributed by atoms with E-state index in [1.165, 1.54) is 11.1 Å². The molecule has 0 aromatic heterocycles. The van der Waals surface area contributed by atoms with E-state index in [0.717, 1.165) is 19.3 Å². The first-order valence-corrected chi connectivity index (χ1v) is 9.43. The molecule has 1 fully saturated rings. The topological polar surface area (TPSA) is 63.2 Å². The molecule has 1 saturated heterocycles. The number of carbonyl (C=O) groups excluding carboxylic acids is 1.